The quantitative estimate of drug-likeness (QED) is 0.504. The van der Waals surface area contributed by atoms with E-state index in [9.17, 15) is 18.0 Å². The van der Waals surface area contributed by atoms with Crippen molar-refractivity contribution in [2.75, 3.05) is 0 Å². The summed E-state index contributed by atoms with van der Waals surface area (Å²) in [6, 6.07) is 13.4. The molecule has 1 amide bonds. The van der Waals surface area contributed by atoms with Crippen molar-refractivity contribution in [2.45, 2.75) is 26.6 Å². The van der Waals surface area contributed by atoms with E-state index < -0.39 is 17.8 Å². The van der Waals surface area contributed by atoms with Crippen LogP contribution in [0.4, 0.5) is 13.2 Å². The normalized spacial score (nSPS) is 11.6. The molecule has 3 aromatic heterocycles. The summed E-state index contributed by atoms with van der Waals surface area (Å²) in [5, 5.41) is 2.72. The summed E-state index contributed by atoms with van der Waals surface area (Å²) >= 11 is 0. The van der Waals surface area contributed by atoms with Crippen molar-refractivity contribution in [1.82, 2.24) is 19.7 Å². The lowest BCUT2D eigenvalue weighted by molar-refractivity contribution is -0.142. The number of halogens is 3. The molecule has 3 heterocycles. The highest BCUT2D eigenvalue weighted by Crippen LogP contribution is 2.30. The molecule has 8 heteroatoms. The molecule has 31 heavy (non-hydrogen) atoms. The molecule has 158 valence electrons. The molecule has 0 aliphatic carbocycles. The minimum Gasteiger partial charge on any atom is -0.347 e. The minimum atomic E-state index is -4.54. The van der Waals surface area contributed by atoms with Crippen molar-refractivity contribution >= 4 is 11.6 Å². The second kappa shape index (κ2) is 7.86. The second-order valence-corrected chi connectivity index (χ2v) is 7.28. The van der Waals surface area contributed by atoms with Crippen LogP contribution in [0.25, 0.3) is 16.8 Å². The first-order chi connectivity index (χ1) is 14.7. The van der Waals surface area contributed by atoms with Gasteiger partial charge < -0.3 is 5.32 Å². The Labute approximate surface area is 176 Å². The van der Waals surface area contributed by atoms with Gasteiger partial charge in [-0.25, -0.2) is 4.98 Å². The van der Waals surface area contributed by atoms with Crippen LogP contribution in [0.5, 0.6) is 0 Å². The number of aryl methyl sites for hydroxylation is 2. The van der Waals surface area contributed by atoms with E-state index in [-0.39, 0.29) is 17.9 Å². The predicted octanol–water partition coefficient (Wildman–Crippen LogP) is 4.96. The standard InChI is InChI=1S/C23H19F3N4O/c1-14-10-16(6-7-18(14)17-8-9-27-15(2)11-17)12-28-22(31)19-13-30-20(23(24,25)26)4-3-5-21(30)29-19/h3-11,13H,12H2,1-2H3,(H,28,31). The molecule has 0 aliphatic rings. The van der Waals surface area contributed by atoms with Gasteiger partial charge in [-0.1, -0.05) is 24.3 Å². The molecule has 0 atom stereocenters. The minimum absolute atomic E-state index is 0.0628. The Hall–Kier alpha value is -3.68. The van der Waals surface area contributed by atoms with Gasteiger partial charge in [-0.3, -0.25) is 14.2 Å². The molecular weight excluding hydrogens is 405 g/mol. The van der Waals surface area contributed by atoms with Crippen LogP contribution in [0.15, 0.2) is 60.9 Å². The van der Waals surface area contributed by atoms with Crippen LogP contribution >= 0.6 is 0 Å². The van der Waals surface area contributed by atoms with E-state index in [0.29, 0.717) is 0 Å². The molecule has 0 spiro atoms. The van der Waals surface area contributed by atoms with Crippen molar-refractivity contribution in [2.24, 2.45) is 0 Å². The molecule has 0 saturated carbocycles. The van der Waals surface area contributed by atoms with Crippen LogP contribution in [0.1, 0.15) is 33.0 Å². The van der Waals surface area contributed by atoms with Crippen molar-refractivity contribution in [1.29, 1.82) is 0 Å². The largest absolute Gasteiger partial charge is 0.431 e. The molecule has 0 saturated heterocycles. The zero-order valence-electron chi connectivity index (χ0n) is 16.9. The zero-order valence-corrected chi connectivity index (χ0v) is 16.9. The number of fused-ring (bicyclic) bond motifs is 1. The van der Waals surface area contributed by atoms with Crippen LogP contribution < -0.4 is 5.32 Å². The van der Waals surface area contributed by atoms with Crippen molar-refractivity contribution in [3.05, 3.63) is 89.1 Å². The Morgan fingerprint density at radius 1 is 1.10 bits per heavy atom. The van der Waals surface area contributed by atoms with Crippen molar-refractivity contribution in [3.8, 4) is 11.1 Å². The topological polar surface area (TPSA) is 59.3 Å². The first-order valence-electron chi connectivity index (χ1n) is 9.58. The number of benzene rings is 1. The Kier molecular flexibility index (Phi) is 5.22. The van der Waals surface area contributed by atoms with E-state index in [1.807, 2.05) is 44.2 Å². The van der Waals surface area contributed by atoms with Gasteiger partial charge in [0.05, 0.1) is 0 Å². The van der Waals surface area contributed by atoms with Crippen LogP contribution in [0, 0.1) is 13.8 Å². The number of nitrogens with one attached hydrogen (secondary N) is 1. The van der Waals surface area contributed by atoms with Crippen LogP contribution in [0.3, 0.4) is 0 Å². The van der Waals surface area contributed by atoms with E-state index >= 15 is 0 Å². The number of amides is 1. The Morgan fingerprint density at radius 2 is 1.90 bits per heavy atom. The van der Waals surface area contributed by atoms with Crippen molar-refractivity contribution < 1.29 is 18.0 Å². The van der Waals surface area contributed by atoms with Crippen LogP contribution in [-0.2, 0) is 12.7 Å². The first-order valence-corrected chi connectivity index (χ1v) is 9.58. The maximum Gasteiger partial charge on any atom is 0.431 e. The fraction of sp³-hybridized carbons (Fsp3) is 0.174. The summed E-state index contributed by atoms with van der Waals surface area (Å²) in [6.45, 7) is 4.15. The maximum atomic E-state index is 13.2. The smallest absolute Gasteiger partial charge is 0.347 e. The number of carbonyl (C=O) groups is 1. The van der Waals surface area contributed by atoms with E-state index in [4.69, 9.17) is 0 Å². The SMILES string of the molecule is Cc1cc(-c2ccc(CNC(=O)c3cn4c(C(F)(F)F)cccc4n3)cc2C)ccn1. The molecule has 5 nitrogen and oxygen atoms in total. The number of hydrogen-bond acceptors (Lipinski definition) is 3. The number of pyridine rings is 2. The molecule has 0 fully saturated rings. The molecule has 4 aromatic rings. The molecule has 1 N–H and O–H groups in total. The monoisotopic (exact) mass is 424 g/mol. The molecule has 0 radical (unpaired) electrons. The third kappa shape index (κ3) is 4.28. The fourth-order valence-electron chi connectivity index (χ4n) is 3.50. The van der Waals surface area contributed by atoms with Gasteiger partial charge in [0, 0.05) is 24.6 Å². The van der Waals surface area contributed by atoms with Gasteiger partial charge in [0.25, 0.3) is 5.91 Å². The van der Waals surface area contributed by atoms with Crippen LogP contribution in [-0.4, -0.2) is 20.3 Å². The van der Waals surface area contributed by atoms with Gasteiger partial charge in [-0.05, 0) is 60.4 Å². The molecule has 0 aliphatic heterocycles. The summed E-state index contributed by atoms with van der Waals surface area (Å²) in [5.74, 6) is -0.539. The fourth-order valence-corrected chi connectivity index (χ4v) is 3.50. The number of nitrogens with zero attached hydrogens (tertiary/aromatic N) is 3. The third-order valence-electron chi connectivity index (χ3n) is 4.97. The van der Waals surface area contributed by atoms with Gasteiger partial charge in [-0.2, -0.15) is 13.2 Å². The van der Waals surface area contributed by atoms with Gasteiger partial charge in [-0.15, -0.1) is 0 Å². The third-order valence-corrected chi connectivity index (χ3v) is 4.97. The molecular formula is C23H19F3N4O. The van der Waals surface area contributed by atoms with E-state index in [1.165, 1.54) is 12.1 Å². The number of aromatic nitrogens is 3. The summed E-state index contributed by atoms with van der Waals surface area (Å²) in [5.41, 5.74) is 4.08. The second-order valence-electron chi connectivity index (χ2n) is 7.28. The number of hydrogen-bond donors (Lipinski definition) is 1. The number of imidazole rings is 1. The molecule has 0 bridgehead atoms. The summed E-state index contributed by atoms with van der Waals surface area (Å²) in [6.07, 6.45) is -1.68. The van der Waals surface area contributed by atoms with Crippen molar-refractivity contribution in [3.63, 3.8) is 0 Å². The highest BCUT2D eigenvalue weighted by atomic mass is 19.4. The lowest BCUT2D eigenvalue weighted by Crippen LogP contribution is -2.23. The summed E-state index contributed by atoms with van der Waals surface area (Å²) in [4.78, 5) is 20.7. The zero-order chi connectivity index (χ0) is 22.2. The van der Waals surface area contributed by atoms with E-state index in [1.54, 1.807) is 6.20 Å². The summed E-state index contributed by atoms with van der Waals surface area (Å²) < 4.78 is 40.4. The number of rotatable bonds is 4. The molecule has 1 aromatic carbocycles. The van der Waals surface area contributed by atoms with Gasteiger partial charge in [0.2, 0.25) is 0 Å². The maximum absolute atomic E-state index is 13.2. The summed E-state index contributed by atoms with van der Waals surface area (Å²) in [7, 11) is 0. The molecule has 0 unspecified atom stereocenters. The lowest BCUT2D eigenvalue weighted by atomic mass is 9.98. The predicted molar refractivity (Wildman–Crippen MR) is 111 cm³/mol. The Bertz CT molecular complexity index is 1280. The number of carbonyl (C=O) groups excluding carboxylic acids is 1. The van der Waals surface area contributed by atoms with Gasteiger partial charge in [0.1, 0.15) is 17.0 Å². The highest BCUT2D eigenvalue weighted by Gasteiger charge is 2.33. The molecule has 4 rings (SSSR count). The average Bonchev–Trinajstić information content (AvgIpc) is 3.15. The lowest BCUT2D eigenvalue weighted by Gasteiger charge is -2.10. The van der Waals surface area contributed by atoms with Gasteiger partial charge in [0.15, 0.2) is 0 Å². The average molecular weight is 424 g/mol. The highest BCUT2D eigenvalue weighted by molar-refractivity contribution is 5.92. The number of alkyl halides is 3. The Balaban J connectivity index is 1.51. The van der Waals surface area contributed by atoms with Crippen LogP contribution in [0.2, 0.25) is 0 Å². The van der Waals surface area contributed by atoms with E-state index in [0.717, 1.165) is 44.6 Å². The van der Waals surface area contributed by atoms with E-state index in [2.05, 4.69) is 15.3 Å². The van der Waals surface area contributed by atoms with Gasteiger partial charge >= 0.3 is 6.18 Å². The Morgan fingerprint density at radius 3 is 2.61 bits per heavy atom. The first kappa shape index (κ1) is 20.6.